The fraction of sp³-hybridized carbons (Fsp3) is 0. The van der Waals surface area contributed by atoms with Crippen molar-refractivity contribution >= 4 is 49.8 Å². The molecule has 1 aromatic heterocycles. The van der Waals surface area contributed by atoms with Crippen LogP contribution in [0.1, 0.15) is 0 Å². The second kappa shape index (κ2) is 15.1. The Morgan fingerprint density at radius 3 is 1.60 bits per heavy atom. The second-order valence-corrected chi connectivity index (χ2v) is 15.3. The predicted octanol–water partition coefficient (Wildman–Crippen LogP) is 16.5. The van der Waals surface area contributed by atoms with E-state index in [1.807, 2.05) is 6.07 Å². The lowest BCUT2D eigenvalue weighted by molar-refractivity contribution is 0.669. The number of anilines is 3. The minimum absolute atomic E-state index is 0.851. The van der Waals surface area contributed by atoms with E-state index in [9.17, 15) is 0 Å². The van der Waals surface area contributed by atoms with Crippen molar-refractivity contribution in [3.8, 4) is 55.6 Å². The van der Waals surface area contributed by atoms with Gasteiger partial charge in [0.25, 0.3) is 0 Å². The van der Waals surface area contributed by atoms with Gasteiger partial charge in [0.05, 0.1) is 5.69 Å². The van der Waals surface area contributed by atoms with Crippen LogP contribution in [0.5, 0.6) is 0 Å². The van der Waals surface area contributed by atoms with Crippen LogP contribution in [0.3, 0.4) is 0 Å². The molecule has 60 heavy (non-hydrogen) atoms. The number of benzene rings is 10. The van der Waals surface area contributed by atoms with Crippen molar-refractivity contribution in [2.75, 3.05) is 4.90 Å². The van der Waals surface area contributed by atoms with Gasteiger partial charge < -0.3 is 9.32 Å². The highest BCUT2D eigenvalue weighted by Crippen LogP contribution is 2.47. The molecule has 11 rings (SSSR count). The Morgan fingerprint density at radius 2 is 0.817 bits per heavy atom. The molecule has 0 atom stereocenters. The molecule has 0 amide bonds. The lowest BCUT2D eigenvalue weighted by atomic mass is 9.84. The Morgan fingerprint density at radius 1 is 0.300 bits per heavy atom. The molecule has 0 saturated heterocycles. The van der Waals surface area contributed by atoms with E-state index >= 15 is 0 Å². The second-order valence-electron chi connectivity index (χ2n) is 15.3. The summed E-state index contributed by atoms with van der Waals surface area (Å²) in [6.07, 6.45) is 0. The Bertz CT molecular complexity index is 3330. The third kappa shape index (κ3) is 6.32. The van der Waals surface area contributed by atoms with Gasteiger partial charge >= 0.3 is 0 Å². The first-order valence-corrected chi connectivity index (χ1v) is 20.5. The number of hydrogen-bond donors (Lipinski definition) is 0. The fourth-order valence-corrected chi connectivity index (χ4v) is 8.85. The van der Waals surface area contributed by atoms with E-state index < -0.39 is 0 Å². The average molecular weight is 766 g/mol. The van der Waals surface area contributed by atoms with Crippen molar-refractivity contribution in [1.82, 2.24) is 0 Å². The monoisotopic (exact) mass is 765 g/mol. The van der Waals surface area contributed by atoms with Gasteiger partial charge in [-0.05, 0) is 109 Å². The van der Waals surface area contributed by atoms with Crippen molar-refractivity contribution < 1.29 is 4.42 Å². The number of nitrogens with zero attached hydrogens (tertiary/aromatic N) is 1. The summed E-state index contributed by atoms with van der Waals surface area (Å²) in [5.74, 6) is 0. The summed E-state index contributed by atoms with van der Waals surface area (Å²) in [4.78, 5) is 2.36. The molecule has 282 valence electrons. The first-order valence-electron chi connectivity index (χ1n) is 20.5. The molecule has 0 radical (unpaired) electrons. The van der Waals surface area contributed by atoms with Crippen LogP contribution in [0, 0.1) is 0 Å². The van der Waals surface area contributed by atoms with E-state index in [0.29, 0.717) is 0 Å². The van der Waals surface area contributed by atoms with Crippen LogP contribution >= 0.6 is 0 Å². The lowest BCUT2D eigenvalue weighted by Gasteiger charge is -2.27. The quantitative estimate of drug-likeness (QED) is 0.153. The third-order valence-electron chi connectivity index (χ3n) is 11.7. The third-order valence-corrected chi connectivity index (χ3v) is 11.7. The zero-order chi connectivity index (χ0) is 39.8. The van der Waals surface area contributed by atoms with Crippen LogP contribution in [0.4, 0.5) is 17.1 Å². The van der Waals surface area contributed by atoms with Gasteiger partial charge in [-0.25, -0.2) is 0 Å². The van der Waals surface area contributed by atoms with Gasteiger partial charge in [0.2, 0.25) is 0 Å². The topological polar surface area (TPSA) is 16.4 Å². The normalized spacial score (nSPS) is 11.3. The van der Waals surface area contributed by atoms with E-state index in [2.05, 4.69) is 235 Å². The molecular weight excluding hydrogens is 727 g/mol. The summed E-state index contributed by atoms with van der Waals surface area (Å²) in [6.45, 7) is 0. The molecule has 0 aliphatic rings. The maximum absolute atomic E-state index is 6.74. The Balaban J connectivity index is 1.13. The largest absolute Gasteiger partial charge is 0.454 e. The van der Waals surface area contributed by atoms with Crippen molar-refractivity contribution in [2.24, 2.45) is 0 Å². The summed E-state index contributed by atoms with van der Waals surface area (Å²) in [5, 5.41) is 4.65. The fourth-order valence-electron chi connectivity index (χ4n) is 8.85. The zero-order valence-electron chi connectivity index (χ0n) is 32.9. The molecule has 0 aliphatic heterocycles. The lowest BCUT2D eigenvalue weighted by Crippen LogP contribution is -2.10. The van der Waals surface area contributed by atoms with Gasteiger partial charge in [0.15, 0.2) is 5.58 Å². The molecule has 2 nitrogen and oxygen atoms in total. The number of para-hydroxylation sites is 2. The summed E-state index contributed by atoms with van der Waals surface area (Å²) in [5.41, 5.74) is 16.5. The van der Waals surface area contributed by atoms with Crippen molar-refractivity contribution in [1.29, 1.82) is 0 Å². The van der Waals surface area contributed by atoms with Crippen molar-refractivity contribution in [2.45, 2.75) is 0 Å². The van der Waals surface area contributed by atoms with Crippen LogP contribution in [0.2, 0.25) is 0 Å². The standard InChI is InChI=1S/C58H39NO/c1-3-18-41(19-4-1)49-27-9-10-29-53(49)57-50(42-20-5-2-6-21-42)30-15-31-51(57)46-24-14-26-48(39-46)59(55-33-16-32-54-52-28-11-12-34-56(52)60-58(54)55)47-25-13-23-44(38-47)45-36-35-40-17-7-8-22-43(40)37-45/h1-39H. The van der Waals surface area contributed by atoms with E-state index in [0.717, 1.165) is 55.7 Å². The number of furan rings is 1. The highest BCUT2D eigenvalue weighted by atomic mass is 16.3. The first-order chi connectivity index (χ1) is 29.8. The predicted molar refractivity (Wildman–Crippen MR) is 253 cm³/mol. The van der Waals surface area contributed by atoms with Gasteiger partial charge in [-0.2, -0.15) is 0 Å². The van der Waals surface area contributed by atoms with Crippen LogP contribution < -0.4 is 4.90 Å². The molecule has 1 heterocycles. The van der Waals surface area contributed by atoms with Crippen LogP contribution in [-0.2, 0) is 0 Å². The molecule has 0 saturated carbocycles. The summed E-state index contributed by atoms with van der Waals surface area (Å²) < 4.78 is 6.74. The Hall–Kier alpha value is -7.94. The highest BCUT2D eigenvalue weighted by Gasteiger charge is 2.22. The Kier molecular flexibility index (Phi) is 8.87. The van der Waals surface area contributed by atoms with Gasteiger partial charge in [-0.1, -0.05) is 194 Å². The molecular formula is C58H39NO. The van der Waals surface area contributed by atoms with E-state index in [-0.39, 0.29) is 0 Å². The molecule has 0 spiro atoms. The van der Waals surface area contributed by atoms with Crippen LogP contribution in [0.15, 0.2) is 241 Å². The maximum atomic E-state index is 6.74. The van der Waals surface area contributed by atoms with Crippen molar-refractivity contribution in [3.63, 3.8) is 0 Å². The molecule has 0 aliphatic carbocycles. The minimum Gasteiger partial charge on any atom is -0.454 e. The molecule has 11 aromatic rings. The van der Waals surface area contributed by atoms with E-state index in [4.69, 9.17) is 4.42 Å². The highest BCUT2D eigenvalue weighted by molar-refractivity contribution is 6.10. The summed E-state index contributed by atoms with van der Waals surface area (Å²) in [6, 6.07) is 84.9. The minimum atomic E-state index is 0.851. The summed E-state index contributed by atoms with van der Waals surface area (Å²) in [7, 11) is 0. The van der Waals surface area contributed by atoms with Gasteiger partial charge in [0.1, 0.15) is 5.58 Å². The number of hydrogen-bond acceptors (Lipinski definition) is 2. The molecule has 0 unspecified atom stereocenters. The molecule has 0 bridgehead atoms. The zero-order valence-corrected chi connectivity index (χ0v) is 32.9. The van der Waals surface area contributed by atoms with Crippen LogP contribution in [-0.4, -0.2) is 0 Å². The van der Waals surface area contributed by atoms with Crippen LogP contribution in [0.25, 0.3) is 88.3 Å². The van der Waals surface area contributed by atoms with E-state index in [1.54, 1.807) is 0 Å². The average Bonchev–Trinajstić information content (AvgIpc) is 3.72. The van der Waals surface area contributed by atoms with Gasteiger partial charge in [-0.15, -0.1) is 0 Å². The smallest absolute Gasteiger partial charge is 0.159 e. The molecule has 10 aromatic carbocycles. The first kappa shape index (κ1) is 35.2. The SMILES string of the molecule is c1ccc(-c2ccccc2-c2c(-c3ccccc3)cccc2-c2cccc(N(c3cccc(-c4ccc5ccccc5c4)c3)c3cccc4c3oc3ccccc34)c2)cc1. The maximum Gasteiger partial charge on any atom is 0.159 e. The molecule has 0 fully saturated rings. The van der Waals surface area contributed by atoms with E-state index in [1.165, 1.54) is 49.7 Å². The number of fused-ring (bicyclic) bond motifs is 4. The van der Waals surface area contributed by atoms with Gasteiger partial charge in [-0.3, -0.25) is 0 Å². The van der Waals surface area contributed by atoms with Gasteiger partial charge in [0, 0.05) is 22.1 Å². The summed E-state index contributed by atoms with van der Waals surface area (Å²) >= 11 is 0. The number of rotatable bonds is 8. The van der Waals surface area contributed by atoms with Crippen molar-refractivity contribution in [3.05, 3.63) is 237 Å². The Labute approximate surface area is 349 Å². The molecule has 0 N–H and O–H groups in total. The molecule has 2 heteroatoms.